The summed E-state index contributed by atoms with van der Waals surface area (Å²) in [7, 11) is 0. The van der Waals surface area contributed by atoms with Crippen LogP contribution in [0.25, 0.3) is 131 Å². The zero-order chi connectivity index (χ0) is 88.2. The smallest absolute Gasteiger partial charge is 0.333 e. The van der Waals surface area contributed by atoms with E-state index in [9.17, 15) is 0 Å². The minimum atomic E-state index is -0.890. The second-order valence-electron chi connectivity index (χ2n) is 40.8. The van der Waals surface area contributed by atoms with E-state index in [1.807, 2.05) is 11.3 Å². The molecular weight excluding hydrogens is 1620 g/mol. The molecule has 0 radical (unpaired) electrons. The van der Waals surface area contributed by atoms with E-state index in [-0.39, 0.29) is 35.4 Å². The van der Waals surface area contributed by atoms with Gasteiger partial charge in [-0.1, -0.05) is 342 Å². The summed E-state index contributed by atoms with van der Waals surface area (Å²) < 4.78 is 18.1. The van der Waals surface area contributed by atoms with Crippen LogP contribution in [-0.4, -0.2) is 13.7 Å². The summed E-state index contributed by atoms with van der Waals surface area (Å²) in [6, 6.07) is 140. The molecule has 6 aliphatic heterocycles. The number of fused-ring (bicyclic) bond motifs is 28. The Bertz CT molecular complexity index is 8680. The molecule has 28 rings (SSSR count). The van der Waals surface area contributed by atoms with Gasteiger partial charge >= 0.3 is 13.7 Å². The maximum absolute atomic E-state index is 7.99. The Labute approximate surface area is 773 Å². The van der Waals surface area contributed by atoms with Gasteiger partial charge in [-0.15, -0.1) is 11.3 Å². The Morgan fingerprint density at radius 3 is 1.48 bits per heavy atom. The Morgan fingerprint density at radius 2 is 0.780 bits per heavy atom. The van der Waals surface area contributed by atoms with Crippen LogP contribution in [0, 0.1) is 0 Å². The number of para-hydroxylation sites is 5. The first kappa shape index (κ1) is 76.0. The highest BCUT2D eigenvalue weighted by molar-refractivity contribution is 7.26. The highest BCUT2D eigenvalue weighted by atomic mass is 32.1. The van der Waals surface area contributed by atoms with Crippen molar-refractivity contribution in [2.45, 2.75) is 96.3 Å². The van der Waals surface area contributed by atoms with Crippen LogP contribution in [0.4, 0.5) is 56.9 Å². The van der Waals surface area contributed by atoms with Crippen molar-refractivity contribution < 1.29 is 8.83 Å². The highest BCUT2D eigenvalue weighted by Crippen LogP contribution is 2.66. The molecule has 0 N–H and O–H groups in total. The Morgan fingerprint density at radius 1 is 0.280 bits per heavy atom. The van der Waals surface area contributed by atoms with E-state index < -0.39 is 5.41 Å². The van der Waals surface area contributed by atoms with Crippen LogP contribution in [0.3, 0.4) is 0 Å². The lowest BCUT2D eigenvalue weighted by Gasteiger charge is -2.53. The quantitative estimate of drug-likeness (QED) is 0.148. The van der Waals surface area contributed by atoms with Gasteiger partial charge in [0.15, 0.2) is 0 Å². The van der Waals surface area contributed by atoms with Gasteiger partial charge in [0.05, 0.1) is 22.5 Å². The number of rotatable bonds is 7. The molecule has 0 fully saturated rings. The third kappa shape index (κ3) is 10.0. The van der Waals surface area contributed by atoms with Crippen molar-refractivity contribution >= 4 is 168 Å². The van der Waals surface area contributed by atoms with Gasteiger partial charge in [-0.2, -0.15) is 0 Å². The average Bonchev–Trinajstić information content (AvgIpc) is 1.12. The Hall–Kier alpha value is -14.9. The summed E-state index contributed by atoms with van der Waals surface area (Å²) in [5.74, 6) is 0. The molecule has 9 heteroatoms. The number of hydrogen-bond acceptors (Lipinski definition) is 7. The van der Waals surface area contributed by atoms with E-state index in [0.717, 1.165) is 106 Å². The van der Waals surface area contributed by atoms with Gasteiger partial charge in [-0.25, -0.2) is 0 Å². The van der Waals surface area contributed by atoms with Gasteiger partial charge in [-0.3, -0.25) is 0 Å². The molecule has 9 heterocycles. The van der Waals surface area contributed by atoms with Gasteiger partial charge in [0.1, 0.15) is 22.3 Å². The summed E-state index contributed by atoms with van der Waals surface area (Å²) in [4.78, 5) is 10.9. The molecule has 6 nitrogen and oxygen atoms in total. The minimum absolute atomic E-state index is 0.117. The number of hydrogen-bond donors (Lipinski definition) is 0. The zero-order valence-corrected chi connectivity index (χ0v) is 76.1. The van der Waals surface area contributed by atoms with Crippen LogP contribution >= 0.6 is 11.3 Å². The fourth-order valence-corrected chi connectivity index (χ4v) is 26.3. The zero-order valence-electron chi connectivity index (χ0n) is 75.3. The molecule has 1 atom stereocenters. The van der Waals surface area contributed by atoms with Crippen molar-refractivity contribution in [2.75, 3.05) is 19.4 Å². The van der Waals surface area contributed by atoms with Crippen molar-refractivity contribution in [3.63, 3.8) is 0 Å². The second-order valence-corrected chi connectivity index (χ2v) is 41.9. The molecule has 21 aromatic rings. The number of furan rings is 2. The maximum atomic E-state index is 7.99. The van der Waals surface area contributed by atoms with E-state index in [1.54, 1.807) is 0 Å². The lowest BCUT2D eigenvalue weighted by atomic mass is 9.41. The minimum Gasteiger partial charge on any atom is -0.455 e. The van der Waals surface area contributed by atoms with Crippen LogP contribution in [0.15, 0.2) is 373 Å². The summed E-state index contributed by atoms with van der Waals surface area (Å²) in [5, 5.41) is 6.89. The molecular formula is C123H90B2N4O2S. The Kier molecular flexibility index (Phi) is 15.4. The van der Waals surface area contributed by atoms with Crippen molar-refractivity contribution in [3.05, 3.63) is 420 Å². The number of nitrogens with zero attached hydrogens (tertiary/aromatic N) is 4. The van der Waals surface area contributed by atoms with E-state index in [0.29, 0.717) is 0 Å². The molecule has 626 valence electrons. The predicted octanol–water partition coefficient (Wildman–Crippen LogP) is 30.5. The van der Waals surface area contributed by atoms with Crippen LogP contribution in [0.5, 0.6) is 0 Å². The van der Waals surface area contributed by atoms with Crippen LogP contribution in [0.1, 0.15) is 125 Å². The van der Waals surface area contributed by atoms with Gasteiger partial charge < -0.3 is 28.3 Å². The molecule has 0 bridgehead atoms. The third-order valence-corrected chi connectivity index (χ3v) is 32.3. The lowest BCUT2D eigenvalue weighted by Crippen LogP contribution is -2.63. The van der Waals surface area contributed by atoms with Gasteiger partial charge in [0.25, 0.3) is 0 Å². The highest BCUT2D eigenvalue weighted by Gasteiger charge is 2.58. The SMILES string of the molecule is CC(C)(C)c1ccc(N2c3cc4c(oc5cc(-c6cccc(C7(c8ccccc8)c8ccccc8N8B9c%10ccc%11c(c%10N(c%10ccc(C(C)(C)C)cc%10-c%10ccccc%10)c%10cc%12c(oc%13ccccc%13%12)c(c%109)-c9cccc7c98)-c7ccccc7C%11(C)C)c6)ccc54)c4c3B(c3c2ccc2sc5ccccc5c32)N2c3ccccc3C(C)(C)c3cccc-4c32)c(-c2ccccc2)c1. The topological polar surface area (TPSA) is 39.2 Å². The van der Waals surface area contributed by atoms with Crippen LogP contribution in [0.2, 0.25) is 0 Å². The summed E-state index contributed by atoms with van der Waals surface area (Å²) >= 11 is 1.90. The number of thiophene rings is 1. The molecule has 0 amide bonds. The standard InChI is InChI=1S/C123H90B2N4O2S/c1-119(2,3)76-56-61-96(85(67-76)71-33-14-11-15-34-71)126-100-63-64-106-108(82-43-22-29-54-105(82)132-106)111(100)125-113-101(126)69-88-80-58-55-74(66-104(80)131-118(88)110(113)83-44-31-49-93-114(83)129(125)98-51-26-24-47-90(98)122(93,9)10)73-37-30-40-78(65-73)123(75-38-18-13-19-39-75)91-48-25-27-52-99(91)128-115-84(45-32-50-94(115)123)109-112-102(70-87-79-41-21-28-53-103(79)130-117(87)109)127(97-62-57-77(120(4,5)6)68-86(97)72-35-16-12-17-36-72)116-95(124(112)128)60-59-92-107(116)81-42-20-23-46-89(81)121(92,7)8/h11-70H,1-10H3. The van der Waals surface area contributed by atoms with E-state index in [4.69, 9.17) is 8.83 Å². The molecule has 0 spiro atoms. The first-order valence-corrected chi connectivity index (χ1v) is 47.6. The monoisotopic (exact) mass is 1710 g/mol. The summed E-state index contributed by atoms with van der Waals surface area (Å²) in [6.45, 7) is 23.1. The Balaban J connectivity index is 0.689. The van der Waals surface area contributed by atoms with Crippen molar-refractivity contribution in [1.82, 2.24) is 0 Å². The van der Waals surface area contributed by atoms with Crippen LogP contribution < -0.4 is 41.3 Å². The number of anilines is 10. The van der Waals surface area contributed by atoms with Crippen molar-refractivity contribution in [1.29, 1.82) is 0 Å². The molecule has 0 saturated heterocycles. The number of benzene rings is 18. The first-order valence-electron chi connectivity index (χ1n) is 46.8. The van der Waals surface area contributed by atoms with Gasteiger partial charge in [-0.05, 0) is 218 Å². The van der Waals surface area contributed by atoms with Crippen molar-refractivity contribution in [3.8, 4) is 66.8 Å². The van der Waals surface area contributed by atoms with Gasteiger partial charge in [0.2, 0.25) is 0 Å². The molecule has 1 unspecified atom stereocenters. The first-order chi connectivity index (χ1) is 64.3. The van der Waals surface area contributed by atoms with E-state index in [2.05, 4.69) is 453 Å². The van der Waals surface area contributed by atoms with E-state index >= 15 is 0 Å². The molecule has 3 aromatic heterocycles. The predicted molar refractivity (Wildman–Crippen MR) is 557 cm³/mol. The largest absolute Gasteiger partial charge is 0.455 e. The molecule has 18 aromatic carbocycles. The van der Waals surface area contributed by atoms with Crippen molar-refractivity contribution in [2.24, 2.45) is 0 Å². The van der Waals surface area contributed by atoms with E-state index in [1.165, 1.54) is 159 Å². The molecule has 132 heavy (non-hydrogen) atoms. The van der Waals surface area contributed by atoms with Gasteiger partial charge in [0, 0.05) is 121 Å². The average molecular weight is 1710 g/mol. The maximum Gasteiger partial charge on any atom is 0.333 e. The molecule has 1 aliphatic carbocycles. The summed E-state index contributed by atoms with van der Waals surface area (Å²) in [5.41, 5.74) is 45.0. The third-order valence-electron chi connectivity index (χ3n) is 31.1. The fourth-order valence-electron chi connectivity index (χ4n) is 25.1. The molecule has 7 aliphatic rings. The van der Waals surface area contributed by atoms with Crippen LogP contribution in [-0.2, 0) is 27.1 Å². The fraction of sp³-hybridized carbons (Fsp3) is 0.122. The molecule has 0 saturated carbocycles. The summed E-state index contributed by atoms with van der Waals surface area (Å²) in [6.07, 6.45) is 0. The lowest BCUT2D eigenvalue weighted by molar-refractivity contribution is 0.590. The second kappa shape index (κ2) is 26.7. The normalized spacial score (nSPS) is 15.9.